The van der Waals surface area contributed by atoms with Gasteiger partial charge in [0.2, 0.25) is 0 Å². The Hall–Kier alpha value is -2.16. The largest absolute Gasteiger partial charge is 0.481 e. The monoisotopic (exact) mass is 461 g/mol. The predicted molar refractivity (Wildman–Crippen MR) is 122 cm³/mol. The zero-order valence-electron chi connectivity index (χ0n) is 17.0. The van der Waals surface area contributed by atoms with E-state index in [9.17, 15) is 18.3 Å². The summed E-state index contributed by atoms with van der Waals surface area (Å²) in [5.74, 6) is -0.877. The van der Waals surface area contributed by atoms with E-state index in [4.69, 9.17) is 0 Å². The van der Waals surface area contributed by atoms with Gasteiger partial charge in [0.25, 0.3) is 10.0 Å². The average molecular weight is 462 g/mol. The number of rotatable bonds is 6. The van der Waals surface area contributed by atoms with Crippen molar-refractivity contribution in [3.63, 3.8) is 0 Å². The Morgan fingerprint density at radius 3 is 2.57 bits per heavy atom. The fourth-order valence-corrected chi connectivity index (χ4v) is 7.93. The second kappa shape index (κ2) is 7.51. The van der Waals surface area contributed by atoms with Crippen LogP contribution < -0.4 is 4.31 Å². The molecule has 1 atom stereocenters. The van der Waals surface area contributed by atoms with Crippen molar-refractivity contribution in [2.45, 2.75) is 43.9 Å². The lowest BCUT2D eigenvalue weighted by Crippen LogP contribution is -2.35. The van der Waals surface area contributed by atoms with Crippen LogP contribution in [0.1, 0.15) is 35.1 Å². The number of carbonyl (C=O) groups is 1. The van der Waals surface area contributed by atoms with Crippen LogP contribution in [0.5, 0.6) is 0 Å². The molecule has 30 heavy (non-hydrogen) atoms. The van der Waals surface area contributed by atoms with Crippen LogP contribution >= 0.6 is 22.7 Å². The molecule has 1 unspecified atom stereocenters. The summed E-state index contributed by atoms with van der Waals surface area (Å²) in [6.45, 7) is 5.93. The van der Waals surface area contributed by atoms with Crippen LogP contribution in [0.2, 0.25) is 0 Å². The lowest BCUT2D eigenvalue weighted by atomic mass is 9.79. The number of hydrogen-bond donors (Lipinski definition) is 1. The van der Waals surface area contributed by atoms with Crippen molar-refractivity contribution in [2.24, 2.45) is 0 Å². The zero-order valence-corrected chi connectivity index (χ0v) is 19.5. The number of anilines is 1. The van der Waals surface area contributed by atoms with Crippen molar-refractivity contribution < 1.29 is 18.3 Å². The van der Waals surface area contributed by atoms with Gasteiger partial charge in [0, 0.05) is 28.1 Å². The van der Waals surface area contributed by atoms with Crippen molar-refractivity contribution in [2.75, 3.05) is 10.8 Å². The minimum atomic E-state index is -3.74. The van der Waals surface area contributed by atoms with E-state index in [1.807, 2.05) is 50.4 Å². The Morgan fingerprint density at radius 1 is 1.20 bits per heavy atom. The third kappa shape index (κ3) is 3.57. The summed E-state index contributed by atoms with van der Waals surface area (Å²) in [6, 6.07) is 9.59. The van der Waals surface area contributed by atoms with Crippen LogP contribution in [0.15, 0.2) is 46.0 Å². The number of aryl methyl sites for hydroxylation is 2. The van der Waals surface area contributed by atoms with Gasteiger partial charge in [-0.25, -0.2) is 8.42 Å². The molecule has 0 amide bonds. The van der Waals surface area contributed by atoms with Gasteiger partial charge < -0.3 is 5.11 Å². The van der Waals surface area contributed by atoms with Crippen LogP contribution in [-0.2, 0) is 20.2 Å². The van der Waals surface area contributed by atoms with Crippen molar-refractivity contribution in [3.05, 3.63) is 56.4 Å². The molecule has 0 radical (unpaired) electrons. The maximum atomic E-state index is 13.6. The normalized spacial score (nSPS) is 18.6. The van der Waals surface area contributed by atoms with Gasteiger partial charge in [-0.3, -0.25) is 9.10 Å². The molecule has 0 fully saturated rings. The van der Waals surface area contributed by atoms with E-state index in [-0.39, 0.29) is 13.0 Å². The first kappa shape index (κ1) is 21.1. The number of sulfonamides is 1. The molecule has 1 aliphatic rings. The van der Waals surface area contributed by atoms with Crippen molar-refractivity contribution in [3.8, 4) is 11.1 Å². The molecule has 0 bridgehead atoms. The molecule has 3 heterocycles. The maximum absolute atomic E-state index is 13.6. The topological polar surface area (TPSA) is 74.7 Å². The minimum absolute atomic E-state index is 0.0108. The molecular formula is C22H23NO4S3. The summed E-state index contributed by atoms with van der Waals surface area (Å²) in [7, 11) is -3.74. The molecule has 2 aromatic heterocycles. The average Bonchev–Trinajstić information content (AvgIpc) is 3.39. The molecule has 0 spiro atoms. The van der Waals surface area contributed by atoms with E-state index in [2.05, 4.69) is 5.38 Å². The molecule has 1 aliphatic heterocycles. The van der Waals surface area contributed by atoms with Gasteiger partial charge in [-0.05, 0) is 72.0 Å². The summed E-state index contributed by atoms with van der Waals surface area (Å²) in [5, 5.41) is 13.3. The highest BCUT2D eigenvalue weighted by Crippen LogP contribution is 2.47. The fourth-order valence-electron chi connectivity index (χ4n) is 4.13. The van der Waals surface area contributed by atoms with E-state index in [1.54, 1.807) is 17.4 Å². The highest BCUT2D eigenvalue weighted by molar-refractivity contribution is 7.93. The summed E-state index contributed by atoms with van der Waals surface area (Å²) < 4.78 is 28.6. The number of carboxylic acid groups (broad SMARTS) is 1. The molecule has 5 nitrogen and oxygen atoms in total. The van der Waals surface area contributed by atoms with Crippen molar-refractivity contribution >= 4 is 44.4 Å². The first-order valence-corrected chi connectivity index (χ1v) is 12.8. The Balaban J connectivity index is 1.84. The van der Waals surface area contributed by atoms with Crippen LogP contribution in [0.4, 0.5) is 5.69 Å². The molecule has 0 aliphatic carbocycles. The van der Waals surface area contributed by atoms with Gasteiger partial charge in [-0.1, -0.05) is 13.0 Å². The summed E-state index contributed by atoms with van der Waals surface area (Å²) >= 11 is 3.07. The molecule has 1 aromatic carbocycles. The number of carboxylic acids is 1. The number of hydrogen-bond acceptors (Lipinski definition) is 5. The quantitative estimate of drug-likeness (QED) is 0.531. The third-order valence-corrected chi connectivity index (χ3v) is 9.38. The van der Waals surface area contributed by atoms with Crippen LogP contribution in [0.25, 0.3) is 11.1 Å². The highest BCUT2D eigenvalue weighted by atomic mass is 32.2. The van der Waals surface area contributed by atoms with Gasteiger partial charge in [-0.15, -0.1) is 11.3 Å². The molecule has 4 rings (SSSR count). The highest BCUT2D eigenvalue weighted by Gasteiger charge is 2.44. The van der Waals surface area contributed by atoms with E-state index in [0.717, 1.165) is 26.4 Å². The van der Waals surface area contributed by atoms with Gasteiger partial charge in [0.1, 0.15) is 4.90 Å². The molecule has 3 aromatic rings. The Labute approximate surface area is 184 Å². The van der Waals surface area contributed by atoms with Crippen molar-refractivity contribution in [1.82, 2.24) is 0 Å². The van der Waals surface area contributed by atoms with Crippen LogP contribution in [0, 0.1) is 13.8 Å². The second-order valence-electron chi connectivity index (χ2n) is 7.99. The second-order valence-corrected chi connectivity index (χ2v) is 12.1. The molecule has 0 saturated heterocycles. The van der Waals surface area contributed by atoms with E-state index in [1.165, 1.54) is 15.6 Å². The molecule has 1 N–H and O–H groups in total. The molecule has 0 saturated carbocycles. The van der Waals surface area contributed by atoms with Crippen molar-refractivity contribution in [1.29, 1.82) is 0 Å². The smallest absolute Gasteiger partial charge is 0.303 e. The zero-order chi connectivity index (χ0) is 21.7. The van der Waals surface area contributed by atoms with E-state index in [0.29, 0.717) is 17.0 Å². The first-order chi connectivity index (χ1) is 14.1. The number of fused-ring (bicyclic) bond motifs is 1. The van der Waals surface area contributed by atoms with Gasteiger partial charge >= 0.3 is 5.97 Å². The maximum Gasteiger partial charge on any atom is 0.303 e. The van der Waals surface area contributed by atoms with Gasteiger partial charge in [-0.2, -0.15) is 11.3 Å². The lowest BCUT2D eigenvalue weighted by Gasteiger charge is -2.25. The molecular weight excluding hydrogens is 438 g/mol. The Morgan fingerprint density at radius 2 is 1.97 bits per heavy atom. The van der Waals surface area contributed by atoms with Gasteiger partial charge in [0.15, 0.2) is 0 Å². The van der Waals surface area contributed by atoms with Gasteiger partial charge in [0.05, 0.1) is 5.69 Å². The molecule has 8 heteroatoms. The number of benzene rings is 1. The predicted octanol–water partition coefficient (Wildman–Crippen LogP) is 5.42. The first-order valence-electron chi connectivity index (χ1n) is 9.60. The standard InChI is InChI=1S/C22H23NO4S3/c1-14-10-20(15(2)29-14)30(26,27)23-13-22(3,8-6-21(24)25)18-11-16(4-5-19(18)23)17-7-9-28-12-17/h4-5,7,9-12H,6,8,13H2,1-3H3,(H,24,25). The fraction of sp³-hybridized carbons (Fsp3) is 0.318. The van der Waals surface area contributed by atoms with Crippen LogP contribution in [0.3, 0.4) is 0 Å². The number of thiophene rings is 2. The summed E-state index contributed by atoms with van der Waals surface area (Å²) in [6.07, 6.45) is 0.360. The number of aliphatic carboxylic acids is 1. The Bertz CT molecular complexity index is 1210. The minimum Gasteiger partial charge on any atom is -0.481 e. The number of nitrogens with zero attached hydrogens (tertiary/aromatic N) is 1. The van der Waals surface area contributed by atoms with E-state index < -0.39 is 21.4 Å². The SMILES string of the molecule is Cc1cc(S(=O)(=O)N2CC(C)(CCC(=O)O)c3cc(-c4ccsc4)ccc32)c(C)s1. The van der Waals surface area contributed by atoms with E-state index >= 15 is 0 Å². The Kier molecular flexibility index (Phi) is 5.28. The summed E-state index contributed by atoms with van der Waals surface area (Å²) in [5.41, 5.74) is 3.05. The molecule has 158 valence electrons. The summed E-state index contributed by atoms with van der Waals surface area (Å²) in [4.78, 5) is 13.3. The third-order valence-electron chi connectivity index (χ3n) is 5.72. The van der Waals surface area contributed by atoms with Crippen LogP contribution in [-0.4, -0.2) is 26.0 Å². The lowest BCUT2D eigenvalue weighted by molar-refractivity contribution is -0.137.